The average Bonchev–Trinajstić information content (AvgIpc) is 2.78. The van der Waals surface area contributed by atoms with Gasteiger partial charge in [0.2, 0.25) is 5.91 Å². The Bertz CT molecular complexity index is 436. The number of amides is 1. The normalized spacial score (nSPS) is 21.1. The predicted molar refractivity (Wildman–Crippen MR) is 68.4 cm³/mol. The van der Waals surface area contributed by atoms with Crippen LogP contribution in [0.15, 0.2) is 24.3 Å². The topological polar surface area (TPSA) is 46.3 Å². The molecule has 1 amide bonds. The molecule has 0 spiro atoms. The number of rotatable bonds is 3. The molecule has 4 heteroatoms. The maximum Gasteiger partial charge on any atom is 0.225 e. The number of hydrogen-bond donors (Lipinski definition) is 1. The lowest BCUT2D eigenvalue weighted by Crippen LogP contribution is -2.36. The second kappa shape index (κ2) is 5.48. The number of carbonyl (C=O) groups excluding carboxylic acids is 1. The van der Waals surface area contributed by atoms with E-state index < -0.39 is 0 Å². The van der Waals surface area contributed by atoms with E-state index in [9.17, 15) is 9.18 Å². The standard InChI is InChI=1S/C14H19FN2O/c1-10(8-11-4-2-3-5-13(11)15)14(18)17-7-6-12(16)9-17/h2-5,10,12H,6-9,16H2,1H3. The van der Waals surface area contributed by atoms with Crippen LogP contribution in [-0.4, -0.2) is 29.9 Å². The van der Waals surface area contributed by atoms with Crippen molar-refractivity contribution in [1.82, 2.24) is 4.90 Å². The van der Waals surface area contributed by atoms with Crippen LogP contribution in [0.3, 0.4) is 0 Å². The molecule has 2 atom stereocenters. The minimum atomic E-state index is -0.240. The Morgan fingerprint density at radius 2 is 2.28 bits per heavy atom. The summed E-state index contributed by atoms with van der Waals surface area (Å²) in [7, 11) is 0. The summed E-state index contributed by atoms with van der Waals surface area (Å²) in [6, 6.07) is 6.70. The van der Waals surface area contributed by atoms with E-state index in [1.807, 2.05) is 6.92 Å². The maximum atomic E-state index is 13.5. The number of hydrogen-bond acceptors (Lipinski definition) is 2. The molecule has 1 heterocycles. The van der Waals surface area contributed by atoms with E-state index >= 15 is 0 Å². The van der Waals surface area contributed by atoms with Gasteiger partial charge < -0.3 is 10.6 Å². The van der Waals surface area contributed by atoms with Gasteiger partial charge in [0.15, 0.2) is 0 Å². The molecule has 2 N–H and O–H groups in total. The Morgan fingerprint density at radius 1 is 1.56 bits per heavy atom. The molecule has 1 aromatic rings. The molecule has 1 aromatic carbocycles. The number of carbonyl (C=O) groups is 1. The summed E-state index contributed by atoms with van der Waals surface area (Å²) in [5.74, 6) is -0.367. The lowest BCUT2D eigenvalue weighted by molar-refractivity contribution is -0.133. The third kappa shape index (κ3) is 2.88. The van der Waals surface area contributed by atoms with E-state index in [4.69, 9.17) is 5.73 Å². The molecular weight excluding hydrogens is 231 g/mol. The van der Waals surface area contributed by atoms with E-state index in [1.165, 1.54) is 6.07 Å². The fourth-order valence-electron chi connectivity index (χ4n) is 2.38. The summed E-state index contributed by atoms with van der Waals surface area (Å²) in [5.41, 5.74) is 6.38. The van der Waals surface area contributed by atoms with Gasteiger partial charge in [0.25, 0.3) is 0 Å². The molecule has 0 aromatic heterocycles. The summed E-state index contributed by atoms with van der Waals surface area (Å²) < 4.78 is 13.5. The quantitative estimate of drug-likeness (QED) is 0.885. The first-order valence-electron chi connectivity index (χ1n) is 6.35. The monoisotopic (exact) mass is 250 g/mol. The van der Waals surface area contributed by atoms with Crippen molar-refractivity contribution in [3.63, 3.8) is 0 Å². The molecule has 98 valence electrons. The SMILES string of the molecule is CC(Cc1ccccc1F)C(=O)N1CCC(N)C1. The molecule has 0 saturated carbocycles. The Kier molecular flexibility index (Phi) is 3.97. The Hall–Kier alpha value is -1.42. The molecule has 0 aliphatic carbocycles. The van der Waals surface area contributed by atoms with Crippen LogP contribution >= 0.6 is 0 Å². The summed E-state index contributed by atoms with van der Waals surface area (Å²) >= 11 is 0. The smallest absolute Gasteiger partial charge is 0.225 e. The minimum Gasteiger partial charge on any atom is -0.341 e. The summed E-state index contributed by atoms with van der Waals surface area (Å²) in [5, 5.41) is 0. The summed E-state index contributed by atoms with van der Waals surface area (Å²) in [6.07, 6.45) is 1.30. The number of nitrogens with two attached hydrogens (primary N) is 1. The van der Waals surface area contributed by atoms with Gasteiger partial charge in [-0.15, -0.1) is 0 Å². The van der Waals surface area contributed by atoms with Crippen LogP contribution in [0.2, 0.25) is 0 Å². The average molecular weight is 250 g/mol. The van der Waals surface area contributed by atoms with Crippen LogP contribution in [0.25, 0.3) is 0 Å². The van der Waals surface area contributed by atoms with Gasteiger partial charge in [0, 0.05) is 25.0 Å². The zero-order valence-corrected chi connectivity index (χ0v) is 10.6. The van der Waals surface area contributed by atoms with Gasteiger partial charge >= 0.3 is 0 Å². The first-order chi connectivity index (χ1) is 8.58. The van der Waals surface area contributed by atoms with Crippen LogP contribution in [0, 0.1) is 11.7 Å². The van der Waals surface area contributed by atoms with E-state index in [2.05, 4.69) is 0 Å². The highest BCUT2D eigenvalue weighted by Crippen LogP contribution is 2.17. The molecule has 0 bridgehead atoms. The van der Waals surface area contributed by atoms with Crippen LogP contribution < -0.4 is 5.73 Å². The van der Waals surface area contributed by atoms with Crippen molar-refractivity contribution < 1.29 is 9.18 Å². The van der Waals surface area contributed by atoms with Gasteiger partial charge in [0.05, 0.1) is 0 Å². The van der Waals surface area contributed by atoms with Gasteiger partial charge in [-0.25, -0.2) is 4.39 Å². The molecule has 1 aliphatic heterocycles. The lowest BCUT2D eigenvalue weighted by atomic mass is 9.99. The highest BCUT2D eigenvalue weighted by Gasteiger charge is 2.27. The van der Waals surface area contributed by atoms with E-state index in [-0.39, 0.29) is 23.7 Å². The van der Waals surface area contributed by atoms with Gasteiger partial charge in [-0.2, -0.15) is 0 Å². The fraction of sp³-hybridized carbons (Fsp3) is 0.500. The highest BCUT2D eigenvalue weighted by molar-refractivity contribution is 5.79. The van der Waals surface area contributed by atoms with Crippen molar-refractivity contribution in [2.24, 2.45) is 11.7 Å². The zero-order valence-electron chi connectivity index (χ0n) is 10.6. The third-order valence-corrected chi connectivity index (χ3v) is 3.44. The van der Waals surface area contributed by atoms with E-state index in [1.54, 1.807) is 23.1 Å². The van der Waals surface area contributed by atoms with Crippen molar-refractivity contribution in [1.29, 1.82) is 0 Å². The second-order valence-electron chi connectivity index (χ2n) is 5.03. The molecule has 1 aliphatic rings. The zero-order chi connectivity index (χ0) is 13.1. The van der Waals surface area contributed by atoms with E-state index in [0.717, 1.165) is 13.0 Å². The molecule has 1 saturated heterocycles. The molecule has 2 unspecified atom stereocenters. The molecule has 3 nitrogen and oxygen atoms in total. The third-order valence-electron chi connectivity index (χ3n) is 3.44. The molecule has 1 fully saturated rings. The Morgan fingerprint density at radius 3 is 2.89 bits per heavy atom. The van der Waals surface area contributed by atoms with Crippen molar-refractivity contribution >= 4 is 5.91 Å². The van der Waals surface area contributed by atoms with Crippen molar-refractivity contribution in [3.05, 3.63) is 35.6 Å². The van der Waals surface area contributed by atoms with Gasteiger partial charge in [-0.05, 0) is 24.5 Å². The highest BCUT2D eigenvalue weighted by atomic mass is 19.1. The summed E-state index contributed by atoms with van der Waals surface area (Å²) in [4.78, 5) is 13.9. The number of halogens is 1. The van der Waals surface area contributed by atoms with Crippen LogP contribution in [0.4, 0.5) is 4.39 Å². The predicted octanol–water partition coefficient (Wildman–Crippen LogP) is 1.56. The number of likely N-dealkylation sites (tertiary alicyclic amines) is 1. The van der Waals surface area contributed by atoms with Crippen molar-refractivity contribution in [2.45, 2.75) is 25.8 Å². The van der Waals surface area contributed by atoms with Gasteiger partial charge in [0.1, 0.15) is 5.82 Å². The van der Waals surface area contributed by atoms with Gasteiger partial charge in [-0.1, -0.05) is 25.1 Å². The largest absolute Gasteiger partial charge is 0.341 e. The van der Waals surface area contributed by atoms with Crippen LogP contribution in [0.5, 0.6) is 0 Å². The molecule has 2 rings (SSSR count). The first kappa shape index (κ1) is 13.0. The fourth-order valence-corrected chi connectivity index (χ4v) is 2.38. The first-order valence-corrected chi connectivity index (χ1v) is 6.35. The van der Waals surface area contributed by atoms with E-state index in [0.29, 0.717) is 18.5 Å². The minimum absolute atomic E-state index is 0.0752. The second-order valence-corrected chi connectivity index (χ2v) is 5.03. The Balaban J connectivity index is 1.98. The Labute approximate surface area is 107 Å². The maximum absolute atomic E-state index is 13.5. The lowest BCUT2D eigenvalue weighted by Gasteiger charge is -2.20. The van der Waals surface area contributed by atoms with Crippen molar-refractivity contribution in [2.75, 3.05) is 13.1 Å². The molecule has 0 radical (unpaired) electrons. The van der Waals surface area contributed by atoms with Gasteiger partial charge in [-0.3, -0.25) is 4.79 Å². The number of benzene rings is 1. The number of nitrogens with zero attached hydrogens (tertiary/aromatic N) is 1. The molecule has 18 heavy (non-hydrogen) atoms. The van der Waals surface area contributed by atoms with Crippen molar-refractivity contribution in [3.8, 4) is 0 Å². The van der Waals surface area contributed by atoms with Crippen LogP contribution in [0.1, 0.15) is 18.9 Å². The summed E-state index contributed by atoms with van der Waals surface area (Å²) in [6.45, 7) is 3.20. The van der Waals surface area contributed by atoms with Crippen LogP contribution in [-0.2, 0) is 11.2 Å². The molecular formula is C14H19FN2O.